The monoisotopic (exact) mass is 423 g/mol. The zero-order valence-corrected chi connectivity index (χ0v) is 9.65. The summed E-state index contributed by atoms with van der Waals surface area (Å²) in [6, 6.07) is 0. The van der Waals surface area contributed by atoms with Crippen LogP contribution in [0.4, 0.5) is 0 Å². The molecule has 0 saturated heterocycles. The minimum atomic E-state index is -2.32. The van der Waals surface area contributed by atoms with Crippen LogP contribution in [0.5, 0.6) is 0 Å². The van der Waals surface area contributed by atoms with E-state index in [2.05, 4.69) is 4.18 Å². The van der Waals surface area contributed by atoms with Crippen molar-refractivity contribution < 1.29 is 12.9 Å². The summed E-state index contributed by atoms with van der Waals surface area (Å²) in [5.41, 5.74) is 0. The molecule has 44 valence electrons. The Balaban J connectivity index is -0.0000000800. The Labute approximate surface area is 83.6 Å². The van der Waals surface area contributed by atoms with Crippen molar-refractivity contribution in [2.45, 2.75) is 0 Å². The first-order chi connectivity index (χ1) is 2.27. The van der Waals surface area contributed by atoms with Gasteiger partial charge in [-0.05, 0) is 0 Å². The van der Waals surface area contributed by atoms with Gasteiger partial charge >= 0.3 is 53.1 Å². The number of hydrogen-bond acceptors (Lipinski definition) is 3. The summed E-state index contributed by atoms with van der Waals surface area (Å²) in [6.45, 7) is 0. The molecule has 0 fully saturated rings. The maximum atomic E-state index is 9.15. The average Bonchev–Trinajstić information content (AvgIpc) is 1.38. The van der Waals surface area contributed by atoms with Gasteiger partial charge in [0.2, 0.25) is 0 Å². The zero-order chi connectivity index (χ0) is 4.28. The quantitative estimate of drug-likeness (QED) is 0.342. The molecule has 0 aliphatic carbocycles. The second-order valence-corrected chi connectivity index (χ2v) is 1.11. The van der Waals surface area contributed by atoms with Gasteiger partial charge in [0.05, 0.1) is 18.5 Å². The Morgan fingerprint density at radius 2 is 1.86 bits per heavy atom. The molecule has 7 heavy (non-hydrogen) atoms. The molecule has 2 radical (unpaired) electrons. The summed E-state index contributed by atoms with van der Waals surface area (Å²) >= 11 is -2.32. The summed E-state index contributed by atoms with van der Waals surface area (Å²) in [5, 5.41) is 0. The van der Waals surface area contributed by atoms with Crippen LogP contribution in [0.2, 0.25) is 0 Å². The molecule has 1 atom stereocenters. The molecule has 0 spiro atoms. The van der Waals surface area contributed by atoms with E-state index in [9.17, 15) is 0 Å². The SMILES string of the molecule is COS(=O)[O-].[InH3].[PbH2]. The van der Waals surface area contributed by atoms with Crippen LogP contribution in [-0.2, 0) is 15.5 Å². The van der Waals surface area contributed by atoms with Crippen LogP contribution in [0, 0.1) is 0 Å². The summed E-state index contributed by atoms with van der Waals surface area (Å²) in [7, 11) is 1.09. The molecule has 1 unspecified atom stereocenters. The van der Waals surface area contributed by atoms with Crippen LogP contribution in [0.25, 0.3) is 0 Å². The molecule has 0 rings (SSSR count). The van der Waals surface area contributed by atoms with E-state index in [0.29, 0.717) is 0 Å². The molecular formula is CH8InO3PbS-. The molecule has 0 heterocycles. The molecule has 0 aromatic rings. The molecule has 0 aliphatic heterocycles. The normalized spacial score (nSPS) is 10.6. The van der Waals surface area contributed by atoms with Gasteiger partial charge in [-0.3, -0.25) is 0 Å². The first-order valence-electron chi connectivity index (χ1n) is 0.908. The number of rotatable bonds is 1. The molecule has 3 nitrogen and oxygen atoms in total. The molecule has 0 N–H and O–H groups in total. The summed E-state index contributed by atoms with van der Waals surface area (Å²) in [5.74, 6) is 0. The molecule has 0 amide bonds. The average molecular weight is 422 g/mol. The van der Waals surface area contributed by atoms with Gasteiger partial charge in [0, 0.05) is 0 Å². The molecule has 0 saturated carbocycles. The Hall–Kier alpha value is 1.86. The molecule has 0 aromatic carbocycles. The Bertz CT molecular complexity index is 50.2. The standard InChI is InChI=1S/CH4O3S.In.Pb.5H/c1-4-5(2)3;;;;;;;/h1H3,(H,2,3);;;;;;;/p-1. The van der Waals surface area contributed by atoms with Gasteiger partial charge in [-0.2, -0.15) is 0 Å². The first kappa shape index (κ1) is 15.9. The topological polar surface area (TPSA) is 49.4 Å². The Morgan fingerprint density at radius 3 is 1.86 bits per heavy atom. The van der Waals surface area contributed by atoms with E-state index in [0.717, 1.165) is 7.11 Å². The molecule has 0 aliphatic rings. The third kappa shape index (κ3) is 18.1. The van der Waals surface area contributed by atoms with E-state index < -0.39 is 11.4 Å². The van der Waals surface area contributed by atoms with Crippen LogP contribution >= 0.6 is 0 Å². The van der Waals surface area contributed by atoms with Gasteiger partial charge in [-0.25, -0.2) is 4.21 Å². The van der Waals surface area contributed by atoms with Crippen molar-refractivity contribution in [1.82, 2.24) is 0 Å². The fraction of sp³-hybridized carbons (Fsp3) is 1.00. The van der Waals surface area contributed by atoms with Crippen molar-refractivity contribution in [2.75, 3.05) is 7.11 Å². The van der Waals surface area contributed by atoms with Crippen LogP contribution in [-0.4, -0.2) is 69.0 Å². The van der Waals surface area contributed by atoms with Crippen LogP contribution in [0.3, 0.4) is 0 Å². The van der Waals surface area contributed by atoms with E-state index in [1.54, 1.807) is 0 Å². The van der Waals surface area contributed by atoms with Crippen molar-refractivity contribution in [3.8, 4) is 0 Å². The van der Waals surface area contributed by atoms with Crippen molar-refractivity contribution in [3.63, 3.8) is 0 Å². The van der Waals surface area contributed by atoms with Crippen molar-refractivity contribution in [1.29, 1.82) is 0 Å². The van der Waals surface area contributed by atoms with E-state index >= 15 is 0 Å². The van der Waals surface area contributed by atoms with Crippen molar-refractivity contribution in [3.05, 3.63) is 0 Å². The van der Waals surface area contributed by atoms with Gasteiger partial charge in [0.25, 0.3) is 0 Å². The first-order valence-corrected chi connectivity index (χ1v) is 1.91. The zero-order valence-electron chi connectivity index (χ0n) is 3.34. The third-order valence-electron chi connectivity index (χ3n) is 0.136. The van der Waals surface area contributed by atoms with Gasteiger partial charge in [0.1, 0.15) is 0 Å². The molecular weight excluding hydrogens is 414 g/mol. The molecule has 0 aromatic heterocycles. The minimum absolute atomic E-state index is 0. The summed E-state index contributed by atoms with van der Waals surface area (Å²) in [6.07, 6.45) is 0. The second kappa shape index (κ2) is 10.8. The predicted octanol–water partition coefficient (Wildman–Crippen LogP) is -2.67. The van der Waals surface area contributed by atoms with Gasteiger partial charge in [0.15, 0.2) is 0 Å². The van der Waals surface area contributed by atoms with Crippen LogP contribution < -0.4 is 0 Å². The molecule has 0 bridgehead atoms. The molecule has 6 heteroatoms. The second-order valence-electron chi connectivity index (χ2n) is 0.371. The van der Waals surface area contributed by atoms with E-state index in [4.69, 9.17) is 8.76 Å². The van der Waals surface area contributed by atoms with Crippen LogP contribution in [0.15, 0.2) is 0 Å². The fourth-order valence-corrected chi connectivity index (χ4v) is 0. The van der Waals surface area contributed by atoms with E-state index in [1.807, 2.05) is 0 Å². The predicted molar refractivity (Wildman–Crippen MR) is 34.4 cm³/mol. The third-order valence-corrected chi connectivity index (χ3v) is 0.408. The van der Waals surface area contributed by atoms with E-state index in [-0.39, 0.29) is 53.1 Å². The van der Waals surface area contributed by atoms with Crippen molar-refractivity contribution in [2.24, 2.45) is 0 Å². The van der Waals surface area contributed by atoms with Gasteiger partial charge < -0.3 is 8.74 Å². The van der Waals surface area contributed by atoms with Crippen molar-refractivity contribution >= 4 is 64.5 Å². The maximum absolute atomic E-state index is 9.15. The Morgan fingerprint density at radius 1 is 1.71 bits per heavy atom. The fourth-order valence-electron chi connectivity index (χ4n) is 0. The van der Waals surface area contributed by atoms with E-state index in [1.165, 1.54) is 0 Å². The van der Waals surface area contributed by atoms with Gasteiger partial charge in [-0.1, -0.05) is 0 Å². The van der Waals surface area contributed by atoms with Crippen LogP contribution in [0.1, 0.15) is 0 Å². The summed E-state index contributed by atoms with van der Waals surface area (Å²) < 4.78 is 22.0. The van der Waals surface area contributed by atoms with Gasteiger partial charge in [-0.15, -0.1) is 0 Å². The summed E-state index contributed by atoms with van der Waals surface area (Å²) in [4.78, 5) is 0. The Kier molecular flexibility index (Phi) is 24.5. The number of hydrogen-bond donors (Lipinski definition) is 0.